The summed E-state index contributed by atoms with van der Waals surface area (Å²) in [6.07, 6.45) is -0.217. The number of hydrogen-bond acceptors (Lipinski definition) is 3. The first kappa shape index (κ1) is 17.2. The maximum absolute atomic E-state index is 12.8. The molecular formula is C20H22N2O3. The monoisotopic (exact) mass is 338 g/mol. The van der Waals surface area contributed by atoms with Gasteiger partial charge < -0.3 is 15.3 Å². The fourth-order valence-corrected chi connectivity index (χ4v) is 3.18. The highest BCUT2D eigenvalue weighted by molar-refractivity contribution is 6.01. The first-order valence-electron chi connectivity index (χ1n) is 8.45. The van der Waals surface area contributed by atoms with Crippen molar-refractivity contribution >= 4 is 11.8 Å². The Balaban J connectivity index is 1.76. The molecule has 0 spiro atoms. The lowest BCUT2D eigenvalue weighted by Gasteiger charge is -2.35. The predicted octanol–water partition coefficient (Wildman–Crippen LogP) is 2.07. The summed E-state index contributed by atoms with van der Waals surface area (Å²) in [5, 5.41) is 13.2. The van der Waals surface area contributed by atoms with Crippen LogP contribution in [0.3, 0.4) is 0 Å². The average Bonchev–Trinajstić information content (AvgIpc) is 2.64. The number of aliphatic hydroxyl groups is 1. The predicted molar refractivity (Wildman–Crippen MR) is 96.0 cm³/mol. The number of benzene rings is 2. The first-order valence-corrected chi connectivity index (χ1v) is 8.45. The molecule has 1 saturated heterocycles. The van der Waals surface area contributed by atoms with Crippen LogP contribution in [0, 0.1) is 0 Å². The van der Waals surface area contributed by atoms with E-state index >= 15 is 0 Å². The lowest BCUT2D eigenvalue weighted by molar-refractivity contribution is -0.132. The maximum Gasteiger partial charge on any atom is 0.252 e. The van der Waals surface area contributed by atoms with E-state index in [1.54, 1.807) is 11.0 Å². The van der Waals surface area contributed by atoms with Crippen LogP contribution in [0.15, 0.2) is 54.6 Å². The van der Waals surface area contributed by atoms with E-state index in [1.807, 2.05) is 48.5 Å². The summed E-state index contributed by atoms with van der Waals surface area (Å²) >= 11 is 0. The van der Waals surface area contributed by atoms with Crippen LogP contribution in [-0.2, 0) is 4.79 Å². The lowest BCUT2D eigenvalue weighted by atomic mass is 9.97. The van der Waals surface area contributed by atoms with Gasteiger partial charge in [-0.3, -0.25) is 9.59 Å². The molecule has 0 unspecified atom stereocenters. The third kappa shape index (κ3) is 3.88. The summed E-state index contributed by atoms with van der Waals surface area (Å²) in [6, 6.07) is 16.8. The van der Waals surface area contributed by atoms with Gasteiger partial charge in [-0.2, -0.15) is 0 Å². The molecule has 130 valence electrons. The number of carbonyl (C=O) groups is 2. The molecule has 2 aromatic rings. The molecule has 5 heteroatoms. The van der Waals surface area contributed by atoms with Crippen LogP contribution in [-0.4, -0.2) is 47.1 Å². The summed E-state index contributed by atoms with van der Waals surface area (Å²) in [7, 11) is 0. The zero-order valence-corrected chi connectivity index (χ0v) is 14.2. The molecule has 2 atom stereocenters. The van der Waals surface area contributed by atoms with E-state index in [0.29, 0.717) is 18.5 Å². The molecule has 0 saturated carbocycles. The van der Waals surface area contributed by atoms with E-state index in [4.69, 9.17) is 0 Å². The van der Waals surface area contributed by atoms with Gasteiger partial charge >= 0.3 is 0 Å². The van der Waals surface area contributed by atoms with Gasteiger partial charge in [0, 0.05) is 25.6 Å². The van der Waals surface area contributed by atoms with Gasteiger partial charge in [0.05, 0.1) is 12.1 Å². The highest BCUT2D eigenvalue weighted by Gasteiger charge is 2.30. The van der Waals surface area contributed by atoms with Crippen molar-refractivity contribution < 1.29 is 14.7 Å². The Morgan fingerprint density at radius 1 is 1.08 bits per heavy atom. The van der Waals surface area contributed by atoms with E-state index in [-0.39, 0.29) is 24.4 Å². The molecule has 2 amide bonds. The Labute approximate surface area is 147 Å². The third-order valence-electron chi connectivity index (χ3n) is 4.60. The molecule has 3 rings (SSSR count). The summed E-state index contributed by atoms with van der Waals surface area (Å²) in [4.78, 5) is 25.8. The van der Waals surface area contributed by atoms with Crippen LogP contribution in [0.2, 0.25) is 0 Å². The zero-order valence-electron chi connectivity index (χ0n) is 14.2. The van der Waals surface area contributed by atoms with Crippen molar-refractivity contribution in [2.24, 2.45) is 0 Å². The molecule has 25 heavy (non-hydrogen) atoms. The summed E-state index contributed by atoms with van der Waals surface area (Å²) in [6.45, 7) is 2.28. The van der Waals surface area contributed by atoms with Crippen LogP contribution in [0.25, 0.3) is 11.1 Å². The average molecular weight is 338 g/mol. The quantitative estimate of drug-likeness (QED) is 0.900. The molecule has 0 bridgehead atoms. The molecule has 2 N–H and O–H groups in total. The Kier molecular flexibility index (Phi) is 5.14. The Morgan fingerprint density at radius 3 is 2.44 bits per heavy atom. The lowest BCUT2D eigenvalue weighted by Crippen LogP contribution is -2.55. The molecule has 1 aliphatic rings. The van der Waals surface area contributed by atoms with Gasteiger partial charge in [-0.05, 0) is 23.6 Å². The number of aliphatic hydroxyl groups excluding tert-OH is 1. The number of hydrogen-bond donors (Lipinski definition) is 2. The molecule has 1 aliphatic heterocycles. The number of amides is 2. The Bertz CT molecular complexity index is 761. The van der Waals surface area contributed by atoms with Gasteiger partial charge in [0.1, 0.15) is 0 Å². The molecule has 1 heterocycles. The minimum absolute atomic E-state index is 0.0572. The van der Waals surface area contributed by atoms with Crippen LogP contribution >= 0.6 is 0 Å². The fourth-order valence-electron chi connectivity index (χ4n) is 3.18. The molecule has 2 aromatic carbocycles. The number of nitrogens with zero attached hydrogens (tertiary/aromatic N) is 1. The second-order valence-corrected chi connectivity index (χ2v) is 6.31. The molecule has 1 fully saturated rings. The fraction of sp³-hybridized carbons (Fsp3) is 0.300. The van der Waals surface area contributed by atoms with Crippen LogP contribution in [0.4, 0.5) is 0 Å². The van der Waals surface area contributed by atoms with E-state index in [0.717, 1.165) is 11.1 Å². The second-order valence-electron chi connectivity index (χ2n) is 6.31. The standard InChI is InChI=1S/C20H22N2O3/c1-14(23)22-12-11-18(19(24)13-22)21-20(25)17-10-6-5-9-16(17)15-7-3-2-4-8-15/h2-10,18-19,24H,11-13H2,1H3,(H,21,25)/t18-,19-/m1/s1. The van der Waals surface area contributed by atoms with Gasteiger partial charge in [0.15, 0.2) is 0 Å². The van der Waals surface area contributed by atoms with E-state index in [2.05, 4.69) is 5.32 Å². The topological polar surface area (TPSA) is 69.6 Å². The molecular weight excluding hydrogens is 316 g/mol. The largest absolute Gasteiger partial charge is 0.389 e. The van der Waals surface area contributed by atoms with Crippen molar-refractivity contribution in [2.45, 2.75) is 25.5 Å². The first-order chi connectivity index (χ1) is 12.1. The molecule has 5 nitrogen and oxygen atoms in total. The number of likely N-dealkylation sites (tertiary alicyclic amines) is 1. The van der Waals surface area contributed by atoms with E-state index in [9.17, 15) is 14.7 Å². The number of carbonyl (C=O) groups excluding carboxylic acids is 2. The van der Waals surface area contributed by atoms with Crippen molar-refractivity contribution in [2.75, 3.05) is 13.1 Å². The van der Waals surface area contributed by atoms with Crippen LogP contribution < -0.4 is 5.32 Å². The summed E-state index contributed by atoms with van der Waals surface area (Å²) in [5.74, 6) is -0.266. The van der Waals surface area contributed by atoms with Gasteiger partial charge in [0.2, 0.25) is 5.91 Å². The van der Waals surface area contributed by atoms with Gasteiger partial charge in [-0.15, -0.1) is 0 Å². The van der Waals surface area contributed by atoms with Crippen molar-refractivity contribution in [3.05, 3.63) is 60.2 Å². The number of nitrogens with one attached hydrogen (secondary N) is 1. The molecule has 0 aliphatic carbocycles. The van der Waals surface area contributed by atoms with Crippen LogP contribution in [0.1, 0.15) is 23.7 Å². The van der Waals surface area contributed by atoms with Gasteiger partial charge in [-0.25, -0.2) is 0 Å². The van der Waals surface area contributed by atoms with Crippen LogP contribution in [0.5, 0.6) is 0 Å². The summed E-state index contributed by atoms with van der Waals surface area (Å²) < 4.78 is 0. The normalized spacial score (nSPS) is 20.2. The minimum atomic E-state index is -0.759. The van der Waals surface area contributed by atoms with Crippen molar-refractivity contribution in [1.82, 2.24) is 10.2 Å². The molecule has 0 aromatic heterocycles. The third-order valence-corrected chi connectivity index (χ3v) is 4.60. The van der Waals surface area contributed by atoms with E-state index in [1.165, 1.54) is 6.92 Å². The molecule has 0 radical (unpaired) electrons. The number of piperidine rings is 1. The van der Waals surface area contributed by atoms with Crippen molar-refractivity contribution in [1.29, 1.82) is 0 Å². The van der Waals surface area contributed by atoms with E-state index < -0.39 is 6.10 Å². The number of rotatable bonds is 3. The summed E-state index contributed by atoms with van der Waals surface area (Å²) in [5.41, 5.74) is 2.41. The van der Waals surface area contributed by atoms with Crippen molar-refractivity contribution in [3.8, 4) is 11.1 Å². The highest BCUT2D eigenvalue weighted by atomic mass is 16.3. The minimum Gasteiger partial charge on any atom is -0.389 e. The Hall–Kier alpha value is -2.66. The Morgan fingerprint density at radius 2 is 1.76 bits per heavy atom. The SMILES string of the molecule is CC(=O)N1CC[C@@H](NC(=O)c2ccccc2-c2ccccc2)[C@H](O)C1. The van der Waals surface area contributed by atoms with Crippen molar-refractivity contribution in [3.63, 3.8) is 0 Å². The van der Waals surface area contributed by atoms with Gasteiger partial charge in [0.25, 0.3) is 5.91 Å². The smallest absolute Gasteiger partial charge is 0.252 e. The maximum atomic E-state index is 12.8. The number of β-amino-alcohol motifs (C(OH)–C–C–N with tert-alkyl or cyclic N) is 1. The van der Waals surface area contributed by atoms with Gasteiger partial charge in [-0.1, -0.05) is 48.5 Å². The second kappa shape index (κ2) is 7.49. The highest BCUT2D eigenvalue weighted by Crippen LogP contribution is 2.24. The zero-order chi connectivity index (χ0) is 17.8.